The standard InChI is InChI=1S/C5H10O4.ClH/c1-2-8-3-4-9-5(6)7;/h2-4H2,1H3,(H,6,7);1H. The van der Waals surface area contributed by atoms with E-state index < -0.39 is 6.16 Å². The third kappa shape index (κ3) is 10.5. The Kier molecular flexibility index (Phi) is 10.4. The van der Waals surface area contributed by atoms with Crippen molar-refractivity contribution in [3.8, 4) is 0 Å². The van der Waals surface area contributed by atoms with Crippen LogP contribution in [0.15, 0.2) is 0 Å². The Balaban J connectivity index is 0. The summed E-state index contributed by atoms with van der Waals surface area (Å²) >= 11 is 0. The quantitative estimate of drug-likeness (QED) is 0.508. The second kappa shape index (κ2) is 8.52. The number of carboxylic acid groups (broad SMARTS) is 1. The van der Waals surface area contributed by atoms with Gasteiger partial charge in [0, 0.05) is 6.61 Å². The summed E-state index contributed by atoms with van der Waals surface area (Å²) in [4.78, 5) is 9.68. The first-order valence-electron chi connectivity index (χ1n) is 2.70. The molecule has 10 heavy (non-hydrogen) atoms. The van der Waals surface area contributed by atoms with Gasteiger partial charge < -0.3 is 14.6 Å². The van der Waals surface area contributed by atoms with Crippen LogP contribution >= 0.6 is 12.4 Å². The summed E-state index contributed by atoms with van der Waals surface area (Å²) in [5.41, 5.74) is 0. The van der Waals surface area contributed by atoms with Crippen LogP contribution in [0.25, 0.3) is 0 Å². The zero-order valence-corrected chi connectivity index (χ0v) is 6.52. The molecule has 0 aliphatic heterocycles. The Hall–Kier alpha value is -0.480. The second-order valence-electron chi connectivity index (χ2n) is 1.31. The van der Waals surface area contributed by atoms with Crippen LogP contribution in [0.1, 0.15) is 6.92 Å². The number of ether oxygens (including phenoxy) is 2. The molecule has 62 valence electrons. The van der Waals surface area contributed by atoms with E-state index in [-0.39, 0.29) is 19.0 Å². The lowest BCUT2D eigenvalue weighted by molar-refractivity contribution is 0.0515. The first kappa shape index (κ1) is 12.2. The van der Waals surface area contributed by atoms with Crippen LogP contribution in [0.5, 0.6) is 0 Å². The minimum Gasteiger partial charge on any atom is -0.450 e. The van der Waals surface area contributed by atoms with E-state index in [4.69, 9.17) is 9.84 Å². The molecule has 0 saturated heterocycles. The summed E-state index contributed by atoms with van der Waals surface area (Å²) in [7, 11) is 0. The minimum atomic E-state index is -1.25. The van der Waals surface area contributed by atoms with Crippen LogP contribution in [-0.4, -0.2) is 31.1 Å². The van der Waals surface area contributed by atoms with Gasteiger partial charge in [-0.2, -0.15) is 0 Å². The normalized spacial score (nSPS) is 8.10. The molecule has 0 aromatic heterocycles. The highest BCUT2D eigenvalue weighted by molar-refractivity contribution is 5.85. The van der Waals surface area contributed by atoms with Gasteiger partial charge in [-0.3, -0.25) is 0 Å². The van der Waals surface area contributed by atoms with Gasteiger partial charge >= 0.3 is 6.16 Å². The Morgan fingerprint density at radius 1 is 1.50 bits per heavy atom. The maximum absolute atomic E-state index is 9.68. The maximum Gasteiger partial charge on any atom is 0.505 e. The van der Waals surface area contributed by atoms with Gasteiger partial charge in [0.2, 0.25) is 0 Å². The molecule has 0 aromatic rings. The third-order valence-corrected chi connectivity index (χ3v) is 0.657. The molecule has 0 aromatic carbocycles. The fourth-order valence-corrected chi connectivity index (χ4v) is 0.332. The molecule has 0 atom stereocenters. The molecule has 5 heteroatoms. The lowest BCUT2D eigenvalue weighted by Gasteiger charge is -1.98. The average molecular weight is 171 g/mol. The highest BCUT2D eigenvalue weighted by atomic mass is 35.5. The summed E-state index contributed by atoms with van der Waals surface area (Å²) in [5.74, 6) is 0. The first-order chi connectivity index (χ1) is 4.27. The van der Waals surface area contributed by atoms with Crippen molar-refractivity contribution in [1.29, 1.82) is 0 Å². The van der Waals surface area contributed by atoms with E-state index in [2.05, 4.69) is 4.74 Å². The highest BCUT2D eigenvalue weighted by Gasteiger charge is 1.92. The Morgan fingerprint density at radius 3 is 2.50 bits per heavy atom. The van der Waals surface area contributed by atoms with E-state index >= 15 is 0 Å². The molecule has 0 spiro atoms. The average Bonchev–Trinajstić information content (AvgIpc) is 1.80. The molecule has 4 nitrogen and oxygen atoms in total. The molecular formula is C5H11ClO4. The van der Waals surface area contributed by atoms with E-state index in [9.17, 15) is 4.79 Å². The van der Waals surface area contributed by atoms with Gasteiger partial charge in [0.05, 0.1) is 6.61 Å². The van der Waals surface area contributed by atoms with Crippen LogP contribution in [0.4, 0.5) is 4.79 Å². The molecule has 0 amide bonds. The molecule has 0 bridgehead atoms. The van der Waals surface area contributed by atoms with Crippen LogP contribution in [0.3, 0.4) is 0 Å². The Labute approximate surface area is 65.5 Å². The summed E-state index contributed by atoms with van der Waals surface area (Å²) in [6.45, 7) is 2.87. The highest BCUT2D eigenvalue weighted by Crippen LogP contribution is 1.77. The molecule has 1 N–H and O–H groups in total. The SMILES string of the molecule is CCOCCOC(=O)O.Cl. The van der Waals surface area contributed by atoms with Gasteiger partial charge in [0.25, 0.3) is 0 Å². The third-order valence-electron chi connectivity index (χ3n) is 0.657. The van der Waals surface area contributed by atoms with Gasteiger partial charge in [0.15, 0.2) is 0 Å². The second-order valence-corrected chi connectivity index (χ2v) is 1.31. The number of hydrogen-bond donors (Lipinski definition) is 1. The van der Waals surface area contributed by atoms with Gasteiger partial charge in [-0.05, 0) is 6.92 Å². The molecule has 0 fully saturated rings. The fourth-order valence-electron chi connectivity index (χ4n) is 0.332. The van der Waals surface area contributed by atoms with E-state index in [1.54, 1.807) is 0 Å². The van der Waals surface area contributed by atoms with Crippen LogP contribution < -0.4 is 0 Å². The van der Waals surface area contributed by atoms with E-state index in [0.717, 1.165) is 0 Å². The van der Waals surface area contributed by atoms with Gasteiger partial charge in [-0.25, -0.2) is 4.79 Å². The van der Waals surface area contributed by atoms with Crippen LogP contribution in [0.2, 0.25) is 0 Å². The van der Waals surface area contributed by atoms with Crippen LogP contribution in [-0.2, 0) is 9.47 Å². The van der Waals surface area contributed by atoms with Gasteiger partial charge in [-0.15, -0.1) is 12.4 Å². The fraction of sp³-hybridized carbons (Fsp3) is 0.800. The molecule has 0 aliphatic carbocycles. The lowest BCUT2D eigenvalue weighted by atomic mass is 10.7. The number of hydrogen-bond acceptors (Lipinski definition) is 3. The summed E-state index contributed by atoms with van der Waals surface area (Å²) in [6.07, 6.45) is -1.25. The van der Waals surface area contributed by atoms with Crippen LogP contribution in [0, 0.1) is 0 Å². The number of rotatable bonds is 4. The maximum atomic E-state index is 9.68. The van der Waals surface area contributed by atoms with Crippen molar-refractivity contribution in [3.05, 3.63) is 0 Å². The smallest absolute Gasteiger partial charge is 0.450 e. The summed E-state index contributed by atoms with van der Waals surface area (Å²) in [6, 6.07) is 0. The molecule has 0 heterocycles. The minimum absolute atomic E-state index is 0. The van der Waals surface area contributed by atoms with Crippen molar-refractivity contribution in [3.63, 3.8) is 0 Å². The molecule has 0 aliphatic rings. The van der Waals surface area contributed by atoms with Crippen molar-refractivity contribution < 1.29 is 19.4 Å². The predicted octanol–water partition coefficient (Wildman–Crippen LogP) is 1.14. The number of carbonyl (C=O) groups is 1. The van der Waals surface area contributed by atoms with Crippen molar-refractivity contribution in [1.82, 2.24) is 0 Å². The zero-order chi connectivity index (χ0) is 7.11. The predicted molar refractivity (Wildman–Crippen MR) is 37.7 cm³/mol. The first-order valence-corrected chi connectivity index (χ1v) is 2.70. The summed E-state index contributed by atoms with van der Waals surface area (Å²) in [5, 5.41) is 7.94. The number of halogens is 1. The monoisotopic (exact) mass is 170 g/mol. The van der Waals surface area contributed by atoms with Gasteiger partial charge in [-0.1, -0.05) is 0 Å². The molecule has 0 radical (unpaired) electrons. The molecule has 0 unspecified atom stereocenters. The van der Waals surface area contributed by atoms with Crippen molar-refractivity contribution in [2.24, 2.45) is 0 Å². The van der Waals surface area contributed by atoms with Crippen molar-refractivity contribution >= 4 is 18.6 Å². The zero-order valence-electron chi connectivity index (χ0n) is 5.70. The van der Waals surface area contributed by atoms with E-state index in [1.165, 1.54) is 0 Å². The van der Waals surface area contributed by atoms with E-state index in [1.807, 2.05) is 6.92 Å². The molecule has 0 rings (SSSR count). The van der Waals surface area contributed by atoms with E-state index in [0.29, 0.717) is 13.2 Å². The summed E-state index contributed by atoms with van der Waals surface area (Å²) < 4.78 is 8.93. The lowest BCUT2D eigenvalue weighted by Crippen LogP contribution is -2.07. The topological polar surface area (TPSA) is 55.8 Å². The largest absolute Gasteiger partial charge is 0.505 e. The molecule has 0 saturated carbocycles. The Bertz CT molecular complexity index is 85.7. The molecular weight excluding hydrogens is 160 g/mol. The van der Waals surface area contributed by atoms with Crippen molar-refractivity contribution in [2.75, 3.05) is 19.8 Å². The Morgan fingerprint density at radius 2 is 2.10 bits per heavy atom. The van der Waals surface area contributed by atoms with Crippen molar-refractivity contribution in [2.45, 2.75) is 6.92 Å². The van der Waals surface area contributed by atoms with Gasteiger partial charge in [0.1, 0.15) is 6.61 Å².